The van der Waals surface area contributed by atoms with Crippen molar-refractivity contribution in [2.45, 2.75) is 33.6 Å². The first-order valence-electron chi connectivity index (χ1n) is 8.06. The highest BCUT2D eigenvalue weighted by atomic mass is 16.4. The Morgan fingerprint density at radius 2 is 2.00 bits per heavy atom. The summed E-state index contributed by atoms with van der Waals surface area (Å²) in [6.07, 6.45) is 1.08. The number of nitrogens with one attached hydrogen (secondary N) is 1. The molecule has 5 nitrogen and oxygen atoms in total. The van der Waals surface area contributed by atoms with E-state index < -0.39 is 11.9 Å². The van der Waals surface area contributed by atoms with E-state index in [0.29, 0.717) is 12.8 Å². The van der Waals surface area contributed by atoms with Crippen molar-refractivity contribution in [3.8, 4) is 0 Å². The molecule has 1 amide bonds. The molecule has 0 aliphatic rings. The summed E-state index contributed by atoms with van der Waals surface area (Å²) in [7, 11) is 0. The van der Waals surface area contributed by atoms with E-state index in [2.05, 4.69) is 5.32 Å². The maximum atomic E-state index is 12.2. The number of amides is 1. The summed E-state index contributed by atoms with van der Waals surface area (Å²) >= 11 is 0. The zero-order valence-electron chi connectivity index (χ0n) is 14.3. The summed E-state index contributed by atoms with van der Waals surface area (Å²) in [6, 6.07) is 9.41. The van der Waals surface area contributed by atoms with E-state index in [0.717, 1.165) is 22.5 Å². The van der Waals surface area contributed by atoms with Gasteiger partial charge < -0.3 is 14.8 Å². The average Bonchev–Trinajstić information content (AvgIpc) is 2.92. The van der Waals surface area contributed by atoms with Crippen LogP contribution in [0.2, 0.25) is 0 Å². The molecule has 1 heterocycles. The topological polar surface area (TPSA) is 79.5 Å². The molecule has 0 radical (unpaired) electrons. The number of hydrogen-bond donors (Lipinski definition) is 2. The molecule has 2 rings (SSSR count). The maximum absolute atomic E-state index is 12.2. The third-order valence-electron chi connectivity index (χ3n) is 3.99. The summed E-state index contributed by atoms with van der Waals surface area (Å²) < 4.78 is 5.49. The number of carbonyl (C=O) groups excluding carboxylic acids is 1. The standard InChI is InChI=1S/C19H23NO4/c1-4-16-13(3)9-17(24-16)18(21)20-11-15(19(22)23)10-14-7-5-6-12(2)8-14/h5-9,15H,4,10-11H2,1-3H3,(H,20,21)(H,22,23). The summed E-state index contributed by atoms with van der Waals surface area (Å²) in [5.74, 6) is -0.994. The lowest BCUT2D eigenvalue weighted by Gasteiger charge is -2.13. The van der Waals surface area contributed by atoms with Gasteiger partial charge in [0.2, 0.25) is 0 Å². The van der Waals surface area contributed by atoms with Gasteiger partial charge in [0.25, 0.3) is 5.91 Å². The van der Waals surface area contributed by atoms with Gasteiger partial charge >= 0.3 is 5.97 Å². The number of aryl methyl sites for hydroxylation is 3. The summed E-state index contributed by atoms with van der Waals surface area (Å²) in [6.45, 7) is 5.86. The van der Waals surface area contributed by atoms with Crippen molar-refractivity contribution >= 4 is 11.9 Å². The van der Waals surface area contributed by atoms with Crippen molar-refractivity contribution in [2.24, 2.45) is 5.92 Å². The molecule has 0 bridgehead atoms. The van der Waals surface area contributed by atoms with Gasteiger partial charge in [0.05, 0.1) is 5.92 Å². The van der Waals surface area contributed by atoms with Gasteiger partial charge in [0.1, 0.15) is 5.76 Å². The highest BCUT2D eigenvalue weighted by Gasteiger charge is 2.21. The van der Waals surface area contributed by atoms with Crippen LogP contribution in [0.4, 0.5) is 0 Å². The zero-order chi connectivity index (χ0) is 17.7. The van der Waals surface area contributed by atoms with Crippen LogP contribution in [0, 0.1) is 19.8 Å². The first kappa shape index (κ1) is 17.8. The summed E-state index contributed by atoms with van der Waals surface area (Å²) in [5, 5.41) is 12.1. The van der Waals surface area contributed by atoms with Crippen LogP contribution in [0.1, 0.15) is 39.9 Å². The first-order valence-corrected chi connectivity index (χ1v) is 8.06. The lowest BCUT2D eigenvalue weighted by atomic mass is 9.98. The molecule has 1 unspecified atom stereocenters. The molecule has 0 saturated carbocycles. The normalized spacial score (nSPS) is 12.0. The fourth-order valence-corrected chi connectivity index (χ4v) is 2.66. The molecular formula is C19H23NO4. The Labute approximate surface area is 141 Å². The highest BCUT2D eigenvalue weighted by Crippen LogP contribution is 2.15. The van der Waals surface area contributed by atoms with Crippen LogP contribution < -0.4 is 5.32 Å². The first-order chi connectivity index (χ1) is 11.4. The minimum absolute atomic E-state index is 0.0588. The van der Waals surface area contributed by atoms with Crippen molar-refractivity contribution < 1.29 is 19.1 Å². The number of rotatable bonds is 7. The van der Waals surface area contributed by atoms with Gasteiger partial charge in [-0.15, -0.1) is 0 Å². The Bertz CT molecular complexity index is 733. The van der Waals surface area contributed by atoms with Crippen LogP contribution in [-0.4, -0.2) is 23.5 Å². The molecule has 0 aliphatic carbocycles. The second-order valence-corrected chi connectivity index (χ2v) is 6.01. The number of benzene rings is 1. The van der Waals surface area contributed by atoms with Crippen molar-refractivity contribution in [3.05, 3.63) is 58.5 Å². The highest BCUT2D eigenvalue weighted by molar-refractivity contribution is 5.92. The number of aliphatic carboxylic acids is 1. The number of carboxylic acids is 1. The van der Waals surface area contributed by atoms with Gasteiger partial charge in [-0.1, -0.05) is 36.8 Å². The number of furan rings is 1. The van der Waals surface area contributed by atoms with Gasteiger partial charge in [0, 0.05) is 13.0 Å². The van der Waals surface area contributed by atoms with Crippen LogP contribution >= 0.6 is 0 Å². The predicted molar refractivity (Wildman–Crippen MR) is 91.2 cm³/mol. The van der Waals surface area contributed by atoms with Crippen molar-refractivity contribution in [1.29, 1.82) is 0 Å². The lowest BCUT2D eigenvalue weighted by Crippen LogP contribution is -2.34. The van der Waals surface area contributed by atoms with Crippen molar-refractivity contribution in [2.75, 3.05) is 6.54 Å². The van der Waals surface area contributed by atoms with Gasteiger partial charge in [-0.2, -0.15) is 0 Å². The Morgan fingerprint density at radius 1 is 1.25 bits per heavy atom. The smallest absolute Gasteiger partial charge is 0.308 e. The van der Waals surface area contributed by atoms with Crippen LogP contribution in [-0.2, 0) is 17.6 Å². The minimum Gasteiger partial charge on any atom is -0.481 e. The van der Waals surface area contributed by atoms with E-state index in [9.17, 15) is 14.7 Å². The lowest BCUT2D eigenvalue weighted by molar-refractivity contribution is -0.141. The molecular weight excluding hydrogens is 306 g/mol. The molecule has 2 aromatic rings. The Hall–Kier alpha value is -2.56. The predicted octanol–water partition coefficient (Wildman–Crippen LogP) is 3.13. The monoisotopic (exact) mass is 329 g/mol. The molecule has 1 aromatic carbocycles. The van der Waals surface area contributed by atoms with Crippen LogP contribution in [0.25, 0.3) is 0 Å². The van der Waals surface area contributed by atoms with E-state index in [1.807, 2.05) is 45.0 Å². The molecule has 1 aromatic heterocycles. The second-order valence-electron chi connectivity index (χ2n) is 6.01. The van der Waals surface area contributed by atoms with Crippen LogP contribution in [0.5, 0.6) is 0 Å². The van der Waals surface area contributed by atoms with Crippen molar-refractivity contribution in [3.63, 3.8) is 0 Å². The van der Waals surface area contributed by atoms with E-state index in [1.54, 1.807) is 6.07 Å². The number of carbonyl (C=O) groups is 2. The SMILES string of the molecule is CCc1oc(C(=O)NCC(Cc2cccc(C)c2)C(=O)O)cc1C. The molecule has 24 heavy (non-hydrogen) atoms. The van der Waals surface area contributed by atoms with Crippen LogP contribution in [0.15, 0.2) is 34.7 Å². The Morgan fingerprint density at radius 3 is 2.58 bits per heavy atom. The van der Waals surface area contributed by atoms with Gasteiger partial charge in [-0.25, -0.2) is 0 Å². The fourth-order valence-electron chi connectivity index (χ4n) is 2.66. The second kappa shape index (κ2) is 7.81. The summed E-state index contributed by atoms with van der Waals surface area (Å²) in [4.78, 5) is 23.6. The Balaban J connectivity index is 2.00. The molecule has 2 N–H and O–H groups in total. The molecule has 5 heteroatoms. The maximum Gasteiger partial charge on any atom is 0.308 e. The summed E-state index contributed by atoms with van der Waals surface area (Å²) in [5.41, 5.74) is 2.95. The van der Waals surface area contributed by atoms with Crippen molar-refractivity contribution in [1.82, 2.24) is 5.32 Å². The molecule has 0 saturated heterocycles. The quantitative estimate of drug-likeness (QED) is 0.818. The number of hydrogen-bond acceptors (Lipinski definition) is 3. The molecule has 0 spiro atoms. The van der Waals surface area contributed by atoms with Gasteiger partial charge in [-0.3, -0.25) is 9.59 Å². The minimum atomic E-state index is -0.929. The number of carboxylic acid groups (broad SMARTS) is 1. The largest absolute Gasteiger partial charge is 0.481 e. The Kier molecular flexibility index (Phi) is 5.79. The molecule has 0 fully saturated rings. The molecule has 128 valence electrons. The van der Waals surface area contributed by atoms with E-state index in [4.69, 9.17) is 4.42 Å². The van der Waals surface area contributed by atoms with E-state index >= 15 is 0 Å². The van der Waals surface area contributed by atoms with Gasteiger partial charge in [0.15, 0.2) is 5.76 Å². The zero-order valence-corrected chi connectivity index (χ0v) is 14.3. The van der Waals surface area contributed by atoms with Crippen LogP contribution in [0.3, 0.4) is 0 Å². The van der Waals surface area contributed by atoms with Gasteiger partial charge in [-0.05, 0) is 37.5 Å². The fraction of sp³-hybridized carbons (Fsp3) is 0.368. The molecule has 0 aliphatic heterocycles. The molecule has 1 atom stereocenters. The van der Waals surface area contributed by atoms with E-state index in [1.165, 1.54) is 0 Å². The third-order valence-corrected chi connectivity index (χ3v) is 3.99. The third kappa shape index (κ3) is 4.47. The average molecular weight is 329 g/mol. The van der Waals surface area contributed by atoms with E-state index in [-0.39, 0.29) is 18.2 Å².